The van der Waals surface area contributed by atoms with Crippen molar-refractivity contribution >= 4 is 29.4 Å². The third-order valence-electron chi connectivity index (χ3n) is 8.33. The summed E-state index contributed by atoms with van der Waals surface area (Å²) in [7, 11) is 2.05. The van der Waals surface area contributed by atoms with E-state index in [0.29, 0.717) is 23.0 Å². The van der Waals surface area contributed by atoms with Gasteiger partial charge in [0.15, 0.2) is 0 Å². The topological polar surface area (TPSA) is 110 Å². The van der Waals surface area contributed by atoms with Crippen LogP contribution >= 0.6 is 0 Å². The van der Waals surface area contributed by atoms with Crippen LogP contribution in [-0.4, -0.2) is 53.7 Å². The molecule has 1 saturated carbocycles. The van der Waals surface area contributed by atoms with Crippen molar-refractivity contribution in [2.45, 2.75) is 97.2 Å². The molecule has 3 aliphatic rings. The fourth-order valence-corrected chi connectivity index (χ4v) is 6.68. The summed E-state index contributed by atoms with van der Waals surface area (Å²) in [5, 5.41) is 17.9. The number of aromatic nitrogens is 1. The smallest absolute Gasteiger partial charge is 0.252 e. The van der Waals surface area contributed by atoms with Crippen LogP contribution in [0.5, 0.6) is 0 Å². The van der Waals surface area contributed by atoms with E-state index < -0.39 is 0 Å². The number of rotatable bonds is 7. The van der Waals surface area contributed by atoms with Crippen molar-refractivity contribution in [3.05, 3.63) is 40.7 Å². The first-order valence-corrected chi connectivity index (χ1v) is 14.4. The summed E-state index contributed by atoms with van der Waals surface area (Å²) in [6.45, 7) is 12.8. The van der Waals surface area contributed by atoms with Gasteiger partial charge in [-0.15, -0.1) is 0 Å². The monoisotopic (exact) mass is 534 g/mol. The molecule has 2 amide bonds. The number of pyridine rings is 1. The van der Waals surface area contributed by atoms with E-state index in [1.165, 1.54) is 25.5 Å². The van der Waals surface area contributed by atoms with Crippen LogP contribution in [0, 0.1) is 17.2 Å². The van der Waals surface area contributed by atoms with Crippen molar-refractivity contribution in [3.63, 3.8) is 0 Å². The van der Waals surface area contributed by atoms with E-state index in [2.05, 4.69) is 54.6 Å². The van der Waals surface area contributed by atoms with Gasteiger partial charge in [-0.3, -0.25) is 9.59 Å². The lowest BCUT2D eigenvalue weighted by atomic mass is 9.82. The normalized spacial score (nSPS) is 24.7. The first-order valence-electron chi connectivity index (χ1n) is 14.4. The summed E-state index contributed by atoms with van der Waals surface area (Å²) >= 11 is 0. The summed E-state index contributed by atoms with van der Waals surface area (Å²) in [6, 6.07) is 2.17. The number of carbonyl (C=O) groups excluding carboxylic acids is 2. The highest BCUT2D eigenvalue weighted by Gasteiger charge is 2.35. The van der Waals surface area contributed by atoms with Crippen LogP contribution in [-0.2, 0) is 4.79 Å². The average Bonchev–Trinajstić information content (AvgIpc) is 2.85. The lowest BCUT2D eigenvalue weighted by Crippen LogP contribution is -2.53. The van der Waals surface area contributed by atoms with Gasteiger partial charge in [0.25, 0.3) is 5.91 Å². The predicted octanol–water partition coefficient (Wildman–Crippen LogP) is 4.80. The zero-order valence-electron chi connectivity index (χ0n) is 24.7. The number of amides is 2. The molecule has 8 nitrogen and oxygen atoms in total. The molecule has 0 radical (unpaired) electrons. The number of nitrogens with zero attached hydrogens (tertiary/aromatic N) is 2. The number of nitrogens with one attached hydrogen (secondary N) is 4. The zero-order valence-corrected chi connectivity index (χ0v) is 24.7. The van der Waals surface area contributed by atoms with Gasteiger partial charge in [0.05, 0.1) is 17.2 Å². The predicted molar refractivity (Wildman–Crippen MR) is 158 cm³/mol. The summed E-state index contributed by atoms with van der Waals surface area (Å²) < 4.78 is 0. The van der Waals surface area contributed by atoms with E-state index in [1.54, 1.807) is 0 Å². The van der Waals surface area contributed by atoms with Crippen LogP contribution in [0.25, 0.3) is 5.57 Å². The van der Waals surface area contributed by atoms with Gasteiger partial charge < -0.3 is 26.3 Å². The molecular formula is C31H46N6O2. The number of hydrogen-bond donors (Lipinski definition) is 4. The van der Waals surface area contributed by atoms with Crippen LogP contribution < -0.4 is 20.9 Å². The van der Waals surface area contributed by atoms with Crippen molar-refractivity contribution in [3.8, 4) is 0 Å². The second-order valence-electron chi connectivity index (χ2n) is 12.9. The molecule has 1 aromatic rings. The third kappa shape index (κ3) is 6.60. The van der Waals surface area contributed by atoms with Gasteiger partial charge in [0, 0.05) is 48.2 Å². The van der Waals surface area contributed by atoms with E-state index in [0.717, 1.165) is 36.2 Å². The molecule has 3 heterocycles. The molecule has 4 rings (SSSR count). The lowest BCUT2D eigenvalue weighted by molar-refractivity contribution is -0.125. The average molecular weight is 535 g/mol. The summed E-state index contributed by atoms with van der Waals surface area (Å²) in [5.41, 5.74) is 3.29. The maximum atomic E-state index is 13.7. The van der Waals surface area contributed by atoms with Gasteiger partial charge in [0.2, 0.25) is 5.91 Å². The lowest BCUT2D eigenvalue weighted by Gasteiger charge is -2.41. The van der Waals surface area contributed by atoms with Crippen molar-refractivity contribution < 1.29 is 9.59 Å². The Morgan fingerprint density at radius 1 is 1.23 bits per heavy atom. The third-order valence-corrected chi connectivity index (χ3v) is 8.33. The molecule has 1 fully saturated rings. The molecule has 2 unspecified atom stereocenters. The van der Waals surface area contributed by atoms with E-state index >= 15 is 0 Å². The van der Waals surface area contributed by atoms with Crippen LogP contribution in [0.15, 0.2) is 23.9 Å². The Morgan fingerprint density at radius 2 is 1.92 bits per heavy atom. The van der Waals surface area contributed by atoms with Gasteiger partial charge in [-0.25, -0.2) is 4.98 Å². The first-order chi connectivity index (χ1) is 18.3. The van der Waals surface area contributed by atoms with Gasteiger partial charge in [-0.2, -0.15) is 0 Å². The molecule has 39 heavy (non-hydrogen) atoms. The fourth-order valence-electron chi connectivity index (χ4n) is 6.68. The van der Waals surface area contributed by atoms with E-state index in [1.807, 2.05) is 33.0 Å². The Kier molecular flexibility index (Phi) is 8.36. The van der Waals surface area contributed by atoms with Crippen molar-refractivity contribution in [1.29, 1.82) is 5.41 Å². The highest BCUT2D eigenvalue weighted by atomic mass is 16.2. The molecule has 0 saturated heterocycles. The highest BCUT2D eigenvalue weighted by Crippen LogP contribution is 2.36. The minimum absolute atomic E-state index is 0.0200. The SMILES string of the molecule is CC1=CC(C)C(CNC(=O)c2cc(C3=CC(C)(C)NC(C)(C)C3)nc(N(C)C3CCCCC3)c2C=N)C(=O)N1. The Hall–Kier alpha value is -3.00. The second-order valence-corrected chi connectivity index (χ2v) is 12.9. The largest absolute Gasteiger partial charge is 0.356 e. The number of anilines is 1. The Labute approximate surface area is 233 Å². The molecule has 212 valence electrons. The second kappa shape index (κ2) is 11.2. The van der Waals surface area contributed by atoms with Gasteiger partial charge >= 0.3 is 0 Å². The summed E-state index contributed by atoms with van der Waals surface area (Å²) in [5.74, 6) is -0.00801. The Balaban J connectivity index is 1.74. The fraction of sp³-hybridized carbons (Fsp3) is 0.613. The first kappa shape index (κ1) is 29.0. The minimum atomic E-state index is -0.347. The van der Waals surface area contributed by atoms with Crippen LogP contribution in [0.4, 0.5) is 5.82 Å². The van der Waals surface area contributed by atoms with E-state index in [9.17, 15) is 9.59 Å². The van der Waals surface area contributed by atoms with Gasteiger partial charge in [0.1, 0.15) is 5.82 Å². The van der Waals surface area contributed by atoms with Crippen LogP contribution in [0.1, 0.15) is 102 Å². The molecule has 8 heteroatoms. The Bertz CT molecular complexity index is 1190. The quantitative estimate of drug-likeness (QED) is 0.376. The summed E-state index contributed by atoms with van der Waals surface area (Å²) in [6.07, 6.45) is 12.0. The minimum Gasteiger partial charge on any atom is -0.356 e. The van der Waals surface area contributed by atoms with Crippen molar-refractivity contribution in [2.75, 3.05) is 18.5 Å². The standard InChI is InChI=1S/C31H46N6O2/c1-19-13-20(2)34-29(39)25(19)18-33-28(38)23-14-26(21-15-30(3,4)36-31(5,6)16-21)35-27(24(23)17-32)37(7)22-11-9-8-10-12-22/h13-15,17,19,22,25,32,36H,8-12,16,18H2,1-7H3,(H,33,38)(H,34,39). The molecule has 0 aromatic carbocycles. The van der Waals surface area contributed by atoms with Gasteiger partial charge in [-0.1, -0.05) is 38.3 Å². The molecule has 1 aliphatic carbocycles. The van der Waals surface area contributed by atoms with Crippen molar-refractivity contribution in [2.24, 2.45) is 11.8 Å². The van der Waals surface area contributed by atoms with E-state index in [4.69, 9.17) is 10.4 Å². The molecular weight excluding hydrogens is 488 g/mol. The molecule has 0 spiro atoms. The molecule has 4 N–H and O–H groups in total. The van der Waals surface area contributed by atoms with Crippen LogP contribution in [0.2, 0.25) is 0 Å². The molecule has 2 atom stereocenters. The highest BCUT2D eigenvalue weighted by molar-refractivity contribution is 6.05. The zero-order chi connectivity index (χ0) is 28.5. The Morgan fingerprint density at radius 3 is 2.54 bits per heavy atom. The number of allylic oxidation sites excluding steroid dienone is 2. The summed E-state index contributed by atoms with van der Waals surface area (Å²) in [4.78, 5) is 33.7. The molecule has 0 bridgehead atoms. The maximum absolute atomic E-state index is 13.7. The van der Waals surface area contributed by atoms with Crippen molar-refractivity contribution in [1.82, 2.24) is 20.9 Å². The molecule has 2 aliphatic heterocycles. The van der Waals surface area contributed by atoms with Gasteiger partial charge in [-0.05, 0) is 71.4 Å². The molecule has 1 aromatic heterocycles. The number of carbonyl (C=O) groups is 2. The number of hydrogen-bond acceptors (Lipinski definition) is 6. The van der Waals surface area contributed by atoms with E-state index in [-0.39, 0.29) is 41.3 Å². The van der Waals surface area contributed by atoms with Crippen LogP contribution in [0.3, 0.4) is 0 Å². The maximum Gasteiger partial charge on any atom is 0.252 e.